The van der Waals surface area contributed by atoms with Gasteiger partial charge in [0.05, 0.1) is 17.8 Å². The van der Waals surface area contributed by atoms with Crippen LogP contribution in [0.1, 0.15) is 19.4 Å². The Labute approximate surface area is 132 Å². The minimum absolute atomic E-state index is 0.0968. The zero-order chi connectivity index (χ0) is 15.9. The highest BCUT2D eigenvalue weighted by molar-refractivity contribution is 5.78. The first-order valence-electron chi connectivity index (χ1n) is 7.83. The number of benzene rings is 1. The molecule has 1 aromatic carbocycles. The highest BCUT2D eigenvalue weighted by atomic mass is 16.2. The predicted molar refractivity (Wildman–Crippen MR) is 87.7 cm³/mol. The normalized spacial score (nSPS) is 15.6. The lowest BCUT2D eigenvalue weighted by Gasteiger charge is -2.36. The Bertz CT molecular complexity index is 542. The number of para-hydroxylation sites is 1. The van der Waals surface area contributed by atoms with Gasteiger partial charge in [0.1, 0.15) is 6.07 Å². The van der Waals surface area contributed by atoms with Gasteiger partial charge in [0, 0.05) is 32.7 Å². The fourth-order valence-corrected chi connectivity index (χ4v) is 2.57. The van der Waals surface area contributed by atoms with Crippen LogP contribution in [0.2, 0.25) is 0 Å². The van der Waals surface area contributed by atoms with Crippen molar-refractivity contribution in [1.82, 2.24) is 10.2 Å². The summed E-state index contributed by atoms with van der Waals surface area (Å²) in [6, 6.07) is 9.93. The molecule has 1 aromatic rings. The van der Waals surface area contributed by atoms with Gasteiger partial charge in [0.2, 0.25) is 5.91 Å². The fourth-order valence-electron chi connectivity index (χ4n) is 2.57. The van der Waals surface area contributed by atoms with Crippen LogP contribution in [-0.2, 0) is 4.79 Å². The van der Waals surface area contributed by atoms with Crippen molar-refractivity contribution in [2.75, 3.05) is 44.2 Å². The van der Waals surface area contributed by atoms with Crippen molar-refractivity contribution in [3.63, 3.8) is 0 Å². The second-order valence-corrected chi connectivity index (χ2v) is 6.09. The van der Waals surface area contributed by atoms with Gasteiger partial charge in [-0.25, -0.2) is 0 Å². The molecule has 1 N–H and O–H groups in total. The molecular weight excluding hydrogens is 276 g/mol. The molecule has 5 nitrogen and oxygen atoms in total. The zero-order valence-corrected chi connectivity index (χ0v) is 13.4. The first-order valence-corrected chi connectivity index (χ1v) is 7.83. The van der Waals surface area contributed by atoms with Crippen molar-refractivity contribution in [1.29, 1.82) is 5.26 Å². The van der Waals surface area contributed by atoms with E-state index in [2.05, 4.69) is 35.0 Å². The van der Waals surface area contributed by atoms with Crippen LogP contribution in [-0.4, -0.2) is 50.1 Å². The van der Waals surface area contributed by atoms with Crippen molar-refractivity contribution in [3.8, 4) is 6.07 Å². The summed E-state index contributed by atoms with van der Waals surface area (Å²) in [7, 11) is 0. The highest BCUT2D eigenvalue weighted by Crippen LogP contribution is 2.20. The molecule has 0 bridgehead atoms. The van der Waals surface area contributed by atoms with Gasteiger partial charge in [-0.3, -0.25) is 9.69 Å². The maximum atomic E-state index is 11.9. The summed E-state index contributed by atoms with van der Waals surface area (Å²) in [6.45, 7) is 8.74. The van der Waals surface area contributed by atoms with Crippen LogP contribution in [0.5, 0.6) is 0 Å². The molecule has 0 radical (unpaired) electrons. The number of carbonyl (C=O) groups is 1. The third kappa shape index (κ3) is 4.47. The molecule has 22 heavy (non-hydrogen) atoms. The van der Waals surface area contributed by atoms with Gasteiger partial charge >= 0.3 is 0 Å². The average Bonchev–Trinajstić information content (AvgIpc) is 2.53. The molecule has 0 aromatic heterocycles. The van der Waals surface area contributed by atoms with E-state index in [1.165, 1.54) is 0 Å². The van der Waals surface area contributed by atoms with Gasteiger partial charge in [-0.2, -0.15) is 5.26 Å². The summed E-state index contributed by atoms with van der Waals surface area (Å²) in [5.41, 5.74) is 1.71. The number of carbonyl (C=O) groups excluding carboxylic acids is 1. The highest BCUT2D eigenvalue weighted by Gasteiger charge is 2.20. The quantitative estimate of drug-likeness (QED) is 0.894. The number of amides is 1. The maximum absolute atomic E-state index is 11.9. The summed E-state index contributed by atoms with van der Waals surface area (Å²) >= 11 is 0. The minimum Gasteiger partial charge on any atom is -0.368 e. The van der Waals surface area contributed by atoms with Crippen LogP contribution in [0.25, 0.3) is 0 Å². The molecule has 0 saturated carbocycles. The van der Waals surface area contributed by atoms with E-state index in [9.17, 15) is 10.1 Å². The lowest BCUT2D eigenvalue weighted by atomic mass is 10.1. The summed E-state index contributed by atoms with van der Waals surface area (Å²) in [5.74, 6) is 0.572. The molecule has 1 fully saturated rings. The van der Waals surface area contributed by atoms with Crippen LogP contribution in [0, 0.1) is 17.2 Å². The van der Waals surface area contributed by atoms with Gasteiger partial charge in [-0.1, -0.05) is 26.0 Å². The monoisotopic (exact) mass is 300 g/mol. The molecular formula is C17H24N4O. The molecule has 1 heterocycles. The molecule has 0 spiro atoms. The van der Waals surface area contributed by atoms with Gasteiger partial charge in [-0.05, 0) is 18.1 Å². The molecule has 0 aliphatic carbocycles. The minimum atomic E-state index is 0.0968. The van der Waals surface area contributed by atoms with E-state index in [1.807, 2.05) is 24.3 Å². The Balaban J connectivity index is 1.83. The van der Waals surface area contributed by atoms with Crippen molar-refractivity contribution in [2.24, 2.45) is 5.92 Å². The molecule has 118 valence electrons. The summed E-state index contributed by atoms with van der Waals surface area (Å²) in [6.07, 6.45) is 0. The second-order valence-electron chi connectivity index (χ2n) is 6.09. The van der Waals surface area contributed by atoms with Crippen LogP contribution in [0.4, 0.5) is 5.69 Å². The Hall–Kier alpha value is -2.06. The van der Waals surface area contributed by atoms with Gasteiger partial charge in [0.15, 0.2) is 0 Å². The molecule has 2 rings (SSSR count). The Morgan fingerprint density at radius 3 is 2.59 bits per heavy atom. The van der Waals surface area contributed by atoms with Crippen LogP contribution in [0.3, 0.4) is 0 Å². The van der Waals surface area contributed by atoms with E-state index in [0.717, 1.165) is 38.4 Å². The number of nitrogens with zero attached hydrogens (tertiary/aromatic N) is 3. The predicted octanol–water partition coefficient (Wildman–Crippen LogP) is 1.45. The molecule has 1 saturated heterocycles. The van der Waals surface area contributed by atoms with Gasteiger partial charge in [0.25, 0.3) is 0 Å². The largest absolute Gasteiger partial charge is 0.368 e. The molecule has 1 amide bonds. The number of hydrogen-bond acceptors (Lipinski definition) is 4. The van der Waals surface area contributed by atoms with E-state index in [4.69, 9.17) is 0 Å². The fraction of sp³-hybridized carbons (Fsp3) is 0.529. The molecule has 1 aliphatic heterocycles. The third-order valence-electron chi connectivity index (χ3n) is 3.81. The Morgan fingerprint density at radius 1 is 1.27 bits per heavy atom. The van der Waals surface area contributed by atoms with Crippen LogP contribution >= 0.6 is 0 Å². The Morgan fingerprint density at radius 2 is 1.95 bits per heavy atom. The summed E-state index contributed by atoms with van der Waals surface area (Å²) in [5, 5.41) is 12.1. The second kappa shape index (κ2) is 7.81. The van der Waals surface area contributed by atoms with Crippen molar-refractivity contribution < 1.29 is 4.79 Å². The number of hydrogen-bond donors (Lipinski definition) is 1. The molecule has 0 unspecified atom stereocenters. The number of nitrogens with one attached hydrogen (secondary N) is 1. The Kier molecular flexibility index (Phi) is 5.79. The lowest BCUT2D eigenvalue weighted by molar-refractivity contribution is -0.122. The number of anilines is 1. The number of rotatable bonds is 5. The maximum Gasteiger partial charge on any atom is 0.234 e. The van der Waals surface area contributed by atoms with Gasteiger partial charge in [-0.15, -0.1) is 0 Å². The van der Waals surface area contributed by atoms with E-state index >= 15 is 0 Å². The van der Waals surface area contributed by atoms with Gasteiger partial charge < -0.3 is 10.2 Å². The van der Waals surface area contributed by atoms with Crippen molar-refractivity contribution in [2.45, 2.75) is 13.8 Å². The van der Waals surface area contributed by atoms with E-state index in [0.29, 0.717) is 18.0 Å². The molecule has 0 atom stereocenters. The lowest BCUT2D eigenvalue weighted by Crippen LogP contribution is -2.50. The topological polar surface area (TPSA) is 59.4 Å². The first-order chi connectivity index (χ1) is 10.6. The third-order valence-corrected chi connectivity index (χ3v) is 3.81. The molecule has 1 aliphatic rings. The van der Waals surface area contributed by atoms with Crippen molar-refractivity contribution in [3.05, 3.63) is 29.8 Å². The zero-order valence-electron chi connectivity index (χ0n) is 13.4. The van der Waals surface area contributed by atoms with E-state index in [1.54, 1.807) is 0 Å². The van der Waals surface area contributed by atoms with Crippen LogP contribution in [0.15, 0.2) is 24.3 Å². The summed E-state index contributed by atoms with van der Waals surface area (Å²) in [4.78, 5) is 16.2. The van der Waals surface area contributed by atoms with Crippen LogP contribution < -0.4 is 10.2 Å². The SMILES string of the molecule is CC(C)CNC(=O)CN1CCN(c2ccccc2C#N)CC1. The first kappa shape index (κ1) is 16.3. The van der Waals surface area contributed by atoms with Crippen molar-refractivity contribution >= 4 is 11.6 Å². The summed E-state index contributed by atoms with van der Waals surface area (Å²) < 4.78 is 0. The number of nitriles is 1. The number of piperazine rings is 1. The van der Waals surface area contributed by atoms with E-state index < -0.39 is 0 Å². The smallest absolute Gasteiger partial charge is 0.234 e. The average molecular weight is 300 g/mol. The molecule has 5 heteroatoms. The van der Waals surface area contributed by atoms with E-state index in [-0.39, 0.29) is 5.91 Å². The standard InChI is InChI=1S/C17H24N4O/c1-14(2)12-19-17(22)13-20-7-9-21(10-8-20)16-6-4-3-5-15(16)11-18/h3-6,14H,7-10,12-13H2,1-2H3,(H,19,22).